The third-order valence-corrected chi connectivity index (χ3v) is 7.73. The fourth-order valence-electron chi connectivity index (χ4n) is 2.34. The second kappa shape index (κ2) is 8.49. The van der Waals surface area contributed by atoms with E-state index in [4.69, 9.17) is 4.74 Å². The minimum absolute atomic E-state index is 0.00831. The SMILES string of the molecule is COc1ccc(S(=O)(=O)N(C)C)cc1NC(=O)c1ccc(S(=O)(=O)N(C)C)cc1. The van der Waals surface area contributed by atoms with Crippen molar-refractivity contribution in [2.75, 3.05) is 40.6 Å². The van der Waals surface area contributed by atoms with Crippen LogP contribution in [-0.4, -0.2) is 66.7 Å². The van der Waals surface area contributed by atoms with Crippen LogP contribution in [0.4, 0.5) is 5.69 Å². The molecule has 0 aliphatic heterocycles. The molecule has 1 amide bonds. The van der Waals surface area contributed by atoms with E-state index < -0.39 is 26.0 Å². The normalized spacial score (nSPS) is 12.2. The number of amides is 1. The van der Waals surface area contributed by atoms with Gasteiger partial charge >= 0.3 is 0 Å². The topological polar surface area (TPSA) is 113 Å². The average Bonchev–Trinajstić information content (AvgIpc) is 2.67. The van der Waals surface area contributed by atoms with Crippen molar-refractivity contribution in [3.63, 3.8) is 0 Å². The van der Waals surface area contributed by atoms with Crippen LogP contribution >= 0.6 is 0 Å². The maximum absolute atomic E-state index is 12.6. The van der Waals surface area contributed by atoms with E-state index in [-0.39, 0.29) is 26.8 Å². The number of ether oxygens (including phenoxy) is 1. The molecule has 0 fully saturated rings. The number of anilines is 1. The summed E-state index contributed by atoms with van der Waals surface area (Å²) in [6.07, 6.45) is 0. The zero-order valence-electron chi connectivity index (χ0n) is 16.7. The van der Waals surface area contributed by atoms with Crippen LogP contribution in [0.3, 0.4) is 0 Å². The second-order valence-electron chi connectivity index (χ2n) is 6.42. The fraction of sp³-hybridized carbons (Fsp3) is 0.278. The van der Waals surface area contributed by atoms with E-state index in [1.54, 1.807) is 0 Å². The highest BCUT2D eigenvalue weighted by Gasteiger charge is 2.21. The van der Waals surface area contributed by atoms with Gasteiger partial charge in [0.2, 0.25) is 20.0 Å². The summed E-state index contributed by atoms with van der Waals surface area (Å²) in [7, 11) is -0.279. The van der Waals surface area contributed by atoms with Gasteiger partial charge in [-0.3, -0.25) is 4.79 Å². The molecule has 11 heteroatoms. The van der Waals surface area contributed by atoms with Gasteiger partial charge in [-0.15, -0.1) is 0 Å². The number of nitrogens with zero attached hydrogens (tertiary/aromatic N) is 2. The van der Waals surface area contributed by atoms with Gasteiger partial charge in [0.25, 0.3) is 5.91 Å². The summed E-state index contributed by atoms with van der Waals surface area (Å²) in [5, 5.41) is 2.60. The first-order valence-corrected chi connectivity index (χ1v) is 11.2. The number of benzene rings is 2. The molecular weight excluding hydrogens is 418 g/mol. The molecule has 1 N–H and O–H groups in total. The Morgan fingerprint density at radius 1 is 0.828 bits per heavy atom. The third-order valence-electron chi connectivity index (χ3n) is 4.09. The quantitative estimate of drug-likeness (QED) is 0.696. The number of carbonyl (C=O) groups excluding carboxylic acids is 1. The highest BCUT2D eigenvalue weighted by molar-refractivity contribution is 7.89. The summed E-state index contributed by atoms with van der Waals surface area (Å²) >= 11 is 0. The van der Waals surface area contributed by atoms with Crippen molar-refractivity contribution in [2.24, 2.45) is 0 Å². The molecule has 0 bridgehead atoms. The highest BCUT2D eigenvalue weighted by atomic mass is 32.2. The van der Waals surface area contributed by atoms with E-state index in [9.17, 15) is 21.6 Å². The molecular formula is C18H23N3O6S2. The van der Waals surface area contributed by atoms with Crippen LogP contribution in [0.25, 0.3) is 0 Å². The lowest BCUT2D eigenvalue weighted by Gasteiger charge is -2.15. The Kier molecular flexibility index (Phi) is 6.68. The first kappa shape index (κ1) is 22.8. The van der Waals surface area contributed by atoms with Crippen molar-refractivity contribution < 1.29 is 26.4 Å². The predicted molar refractivity (Wildman–Crippen MR) is 109 cm³/mol. The first-order chi connectivity index (χ1) is 13.4. The summed E-state index contributed by atoms with van der Waals surface area (Å²) < 4.78 is 56.2. The smallest absolute Gasteiger partial charge is 0.255 e. The Balaban J connectivity index is 2.35. The number of carbonyl (C=O) groups is 1. The summed E-state index contributed by atoms with van der Waals surface area (Å²) in [4.78, 5) is 12.6. The molecule has 0 heterocycles. The van der Waals surface area contributed by atoms with Crippen molar-refractivity contribution in [1.29, 1.82) is 0 Å². The Hall–Kier alpha value is -2.47. The molecule has 0 atom stereocenters. The van der Waals surface area contributed by atoms with E-state index in [0.29, 0.717) is 0 Å². The lowest BCUT2D eigenvalue weighted by molar-refractivity contribution is 0.102. The Bertz CT molecular complexity index is 1110. The largest absolute Gasteiger partial charge is 0.495 e. The van der Waals surface area contributed by atoms with Crippen LogP contribution in [0, 0.1) is 0 Å². The maximum Gasteiger partial charge on any atom is 0.255 e. The van der Waals surface area contributed by atoms with Gasteiger partial charge in [0.1, 0.15) is 5.75 Å². The van der Waals surface area contributed by atoms with E-state index in [2.05, 4.69) is 5.32 Å². The van der Waals surface area contributed by atoms with Gasteiger partial charge in [-0.1, -0.05) is 0 Å². The highest BCUT2D eigenvalue weighted by Crippen LogP contribution is 2.29. The van der Waals surface area contributed by atoms with Crippen molar-refractivity contribution in [3.05, 3.63) is 48.0 Å². The lowest BCUT2D eigenvalue weighted by atomic mass is 10.2. The number of sulfonamides is 2. The van der Waals surface area contributed by atoms with Crippen molar-refractivity contribution in [2.45, 2.75) is 9.79 Å². The number of hydrogen-bond donors (Lipinski definition) is 1. The lowest BCUT2D eigenvalue weighted by Crippen LogP contribution is -2.23. The molecule has 9 nitrogen and oxygen atoms in total. The van der Waals surface area contributed by atoms with Crippen LogP contribution in [0.15, 0.2) is 52.3 Å². The van der Waals surface area contributed by atoms with Gasteiger partial charge in [-0.25, -0.2) is 25.4 Å². The third kappa shape index (κ3) is 4.75. The van der Waals surface area contributed by atoms with E-state index in [1.165, 1.54) is 77.8 Å². The van der Waals surface area contributed by atoms with Gasteiger partial charge < -0.3 is 10.1 Å². The molecule has 0 aromatic heterocycles. The molecule has 2 aromatic carbocycles. The molecule has 0 unspecified atom stereocenters. The first-order valence-electron chi connectivity index (χ1n) is 8.35. The number of rotatable bonds is 7. The number of hydrogen-bond acceptors (Lipinski definition) is 6. The van der Waals surface area contributed by atoms with Crippen molar-refractivity contribution in [3.8, 4) is 5.75 Å². The molecule has 0 radical (unpaired) electrons. The molecule has 0 saturated carbocycles. The summed E-state index contributed by atoms with van der Waals surface area (Å²) in [6, 6.07) is 9.53. The van der Waals surface area contributed by atoms with Gasteiger partial charge in [0.15, 0.2) is 0 Å². The van der Waals surface area contributed by atoms with Gasteiger partial charge in [-0.05, 0) is 42.5 Å². The molecule has 0 aliphatic carbocycles. The van der Waals surface area contributed by atoms with E-state index >= 15 is 0 Å². The Labute approximate surface area is 171 Å². The zero-order valence-corrected chi connectivity index (χ0v) is 18.3. The van der Waals surface area contributed by atoms with Crippen molar-refractivity contribution >= 4 is 31.6 Å². The molecule has 0 aliphatic rings. The van der Waals surface area contributed by atoms with Crippen LogP contribution in [0.2, 0.25) is 0 Å². The summed E-state index contributed by atoms with van der Waals surface area (Å²) in [5.41, 5.74) is 0.371. The molecule has 29 heavy (non-hydrogen) atoms. The van der Waals surface area contributed by atoms with E-state index in [1.807, 2.05) is 0 Å². The molecule has 0 spiro atoms. The second-order valence-corrected chi connectivity index (χ2v) is 10.7. The monoisotopic (exact) mass is 441 g/mol. The molecule has 2 rings (SSSR count). The maximum atomic E-state index is 12.6. The zero-order chi connectivity index (χ0) is 22.0. The number of nitrogens with one attached hydrogen (secondary N) is 1. The molecule has 0 saturated heterocycles. The van der Waals surface area contributed by atoms with Crippen molar-refractivity contribution in [1.82, 2.24) is 8.61 Å². The van der Waals surface area contributed by atoms with Gasteiger partial charge in [-0.2, -0.15) is 0 Å². The van der Waals surface area contributed by atoms with Gasteiger partial charge in [0, 0.05) is 33.8 Å². The molecule has 158 valence electrons. The number of methoxy groups -OCH3 is 1. The van der Waals surface area contributed by atoms with Crippen LogP contribution in [0.1, 0.15) is 10.4 Å². The predicted octanol–water partition coefficient (Wildman–Crippen LogP) is 1.45. The standard InChI is InChI=1S/C18H23N3O6S2/c1-20(2)28(23,24)14-8-6-13(7-9-14)18(22)19-16-12-15(10-11-17(16)27-5)29(25,26)21(3)4/h6-12H,1-5H3,(H,19,22). The summed E-state index contributed by atoms with van der Waals surface area (Å²) in [6.45, 7) is 0. The van der Waals surface area contributed by atoms with Crippen LogP contribution in [-0.2, 0) is 20.0 Å². The Morgan fingerprint density at radius 3 is 1.79 bits per heavy atom. The van der Waals surface area contributed by atoms with E-state index in [0.717, 1.165) is 8.61 Å². The average molecular weight is 442 g/mol. The summed E-state index contributed by atoms with van der Waals surface area (Å²) in [5.74, 6) is -0.264. The van der Waals surface area contributed by atoms with Crippen LogP contribution in [0.5, 0.6) is 5.75 Å². The molecule has 2 aromatic rings. The fourth-order valence-corrected chi connectivity index (χ4v) is 4.17. The van der Waals surface area contributed by atoms with Crippen LogP contribution < -0.4 is 10.1 Å². The Morgan fingerprint density at radius 2 is 1.31 bits per heavy atom. The minimum Gasteiger partial charge on any atom is -0.495 e. The van der Waals surface area contributed by atoms with Gasteiger partial charge in [0.05, 0.1) is 22.6 Å². The minimum atomic E-state index is -3.70.